The van der Waals surface area contributed by atoms with Gasteiger partial charge in [-0.2, -0.15) is 0 Å². The molecule has 0 aliphatic heterocycles. The zero-order valence-corrected chi connectivity index (χ0v) is 16.0. The lowest BCUT2D eigenvalue weighted by Crippen LogP contribution is -2.28. The van der Waals surface area contributed by atoms with E-state index in [2.05, 4.69) is 15.3 Å². The van der Waals surface area contributed by atoms with E-state index in [4.69, 9.17) is 0 Å². The van der Waals surface area contributed by atoms with E-state index in [1.165, 1.54) is 11.3 Å². The second-order valence-electron chi connectivity index (χ2n) is 6.34. The number of carbonyl (C=O) groups excluding carboxylic acids is 2. The average molecular weight is 390 g/mol. The molecule has 0 saturated heterocycles. The number of benzene rings is 2. The van der Waals surface area contributed by atoms with Crippen LogP contribution in [-0.2, 0) is 6.54 Å². The van der Waals surface area contributed by atoms with E-state index in [0.29, 0.717) is 28.5 Å². The lowest BCUT2D eigenvalue weighted by atomic mass is 10.1. The van der Waals surface area contributed by atoms with Crippen molar-refractivity contribution in [3.05, 3.63) is 82.3 Å². The first-order valence-electron chi connectivity index (χ1n) is 8.75. The Morgan fingerprint density at radius 1 is 1.07 bits per heavy atom. The predicted octanol–water partition coefficient (Wildman–Crippen LogP) is 4.15. The van der Waals surface area contributed by atoms with Crippen LogP contribution in [0.4, 0.5) is 5.69 Å². The number of para-hydroxylation sites is 3. The third kappa shape index (κ3) is 3.65. The number of hydrogen-bond donors (Lipinski definition) is 2. The monoisotopic (exact) mass is 390 g/mol. The topological polar surface area (TPSA) is 78.1 Å². The van der Waals surface area contributed by atoms with Crippen molar-refractivity contribution < 1.29 is 9.59 Å². The summed E-state index contributed by atoms with van der Waals surface area (Å²) in [6.07, 6.45) is 0. The summed E-state index contributed by atoms with van der Waals surface area (Å²) in [5, 5.41) is 4.67. The van der Waals surface area contributed by atoms with Crippen LogP contribution in [-0.4, -0.2) is 33.7 Å². The summed E-state index contributed by atoms with van der Waals surface area (Å²) in [4.78, 5) is 35.3. The molecule has 0 aliphatic carbocycles. The normalized spacial score (nSPS) is 10.8. The van der Waals surface area contributed by atoms with E-state index in [-0.39, 0.29) is 11.8 Å². The minimum absolute atomic E-state index is 0.192. The molecular weight excluding hydrogens is 372 g/mol. The smallest absolute Gasteiger partial charge is 0.265 e. The number of imidazole rings is 1. The molecule has 140 valence electrons. The maximum Gasteiger partial charge on any atom is 0.265 e. The number of amides is 2. The minimum atomic E-state index is -0.227. The number of nitrogens with zero attached hydrogens (tertiary/aromatic N) is 2. The van der Waals surface area contributed by atoms with Crippen molar-refractivity contribution in [2.24, 2.45) is 0 Å². The highest BCUT2D eigenvalue weighted by Gasteiger charge is 2.19. The number of thiophene rings is 1. The molecule has 0 fully saturated rings. The quantitative estimate of drug-likeness (QED) is 0.537. The van der Waals surface area contributed by atoms with Gasteiger partial charge in [-0.15, -0.1) is 11.3 Å². The van der Waals surface area contributed by atoms with E-state index in [9.17, 15) is 9.59 Å². The number of H-pyrrole nitrogens is 1. The Kier molecular flexibility index (Phi) is 4.90. The number of rotatable bonds is 5. The molecule has 0 bridgehead atoms. The first-order chi connectivity index (χ1) is 13.6. The molecule has 2 amide bonds. The van der Waals surface area contributed by atoms with Gasteiger partial charge in [0.05, 0.1) is 33.7 Å². The summed E-state index contributed by atoms with van der Waals surface area (Å²) in [6, 6.07) is 18.3. The van der Waals surface area contributed by atoms with Crippen molar-refractivity contribution in [2.45, 2.75) is 6.54 Å². The molecule has 2 aromatic carbocycles. The molecule has 2 aromatic heterocycles. The van der Waals surface area contributed by atoms with Gasteiger partial charge in [0.1, 0.15) is 5.82 Å². The van der Waals surface area contributed by atoms with Crippen LogP contribution in [0.5, 0.6) is 0 Å². The Morgan fingerprint density at radius 3 is 2.64 bits per heavy atom. The van der Waals surface area contributed by atoms with E-state index < -0.39 is 0 Å². The van der Waals surface area contributed by atoms with Crippen LogP contribution in [0.15, 0.2) is 66.0 Å². The maximum absolute atomic E-state index is 13.0. The summed E-state index contributed by atoms with van der Waals surface area (Å²) in [5.74, 6) is 0.287. The fraction of sp³-hybridized carbons (Fsp3) is 0.0952. The van der Waals surface area contributed by atoms with E-state index in [0.717, 1.165) is 11.0 Å². The Bertz CT molecular complexity index is 1100. The molecule has 0 unspecified atom stereocenters. The average Bonchev–Trinajstić information content (AvgIpc) is 3.37. The standard InChI is InChI=1S/C21H18N4O2S/c1-25(13-19-22-16-9-4-5-10-17(16)23-19)21(27)14-7-2-3-8-15(14)24-20(26)18-11-6-12-28-18/h2-12H,13H2,1H3,(H,22,23)(H,24,26). The summed E-state index contributed by atoms with van der Waals surface area (Å²) < 4.78 is 0. The summed E-state index contributed by atoms with van der Waals surface area (Å²) >= 11 is 1.35. The number of nitrogens with one attached hydrogen (secondary N) is 2. The Morgan fingerprint density at radius 2 is 1.86 bits per heavy atom. The number of aromatic nitrogens is 2. The van der Waals surface area contributed by atoms with Crippen molar-refractivity contribution in [1.29, 1.82) is 0 Å². The van der Waals surface area contributed by atoms with Gasteiger partial charge in [0, 0.05) is 7.05 Å². The highest BCUT2D eigenvalue weighted by atomic mass is 32.1. The summed E-state index contributed by atoms with van der Waals surface area (Å²) in [6.45, 7) is 0.334. The molecule has 28 heavy (non-hydrogen) atoms. The Hall–Kier alpha value is -3.45. The molecule has 7 heteroatoms. The lowest BCUT2D eigenvalue weighted by Gasteiger charge is -2.18. The van der Waals surface area contributed by atoms with Gasteiger partial charge < -0.3 is 15.2 Å². The molecule has 0 aliphatic rings. The van der Waals surface area contributed by atoms with Crippen LogP contribution < -0.4 is 5.32 Å². The first-order valence-corrected chi connectivity index (χ1v) is 9.63. The third-order valence-corrected chi connectivity index (χ3v) is 5.19. The van der Waals surface area contributed by atoms with Crippen LogP contribution in [0.1, 0.15) is 25.9 Å². The molecule has 2 N–H and O–H groups in total. The second-order valence-corrected chi connectivity index (χ2v) is 7.29. The van der Waals surface area contributed by atoms with Gasteiger partial charge >= 0.3 is 0 Å². The largest absolute Gasteiger partial charge is 0.340 e. The van der Waals surface area contributed by atoms with Crippen molar-refractivity contribution in [3.8, 4) is 0 Å². The van der Waals surface area contributed by atoms with Crippen molar-refractivity contribution >= 4 is 39.9 Å². The van der Waals surface area contributed by atoms with Gasteiger partial charge in [-0.25, -0.2) is 4.98 Å². The SMILES string of the molecule is CN(Cc1nc2ccccc2[nH]1)C(=O)c1ccccc1NC(=O)c1cccs1. The molecule has 6 nitrogen and oxygen atoms in total. The van der Waals surface area contributed by atoms with Crippen LogP contribution in [0.2, 0.25) is 0 Å². The van der Waals surface area contributed by atoms with E-state index in [1.807, 2.05) is 35.7 Å². The zero-order chi connectivity index (χ0) is 19.5. The van der Waals surface area contributed by atoms with Gasteiger partial charge in [0.25, 0.3) is 11.8 Å². The van der Waals surface area contributed by atoms with Crippen LogP contribution in [0.25, 0.3) is 11.0 Å². The fourth-order valence-corrected chi connectivity index (χ4v) is 3.57. The molecule has 4 aromatic rings. The number of carbonyl (C=O) groups is 2. The predicted molar refractivity (Wildman–Crippen MR) is 111 cm³/mol. The number of hydrogen-bond acceptors (Lipinski definition) is 4. The van der Waals surface area contributed by atoms with Gasteiger partial charge in [0.2, 0.25) is 0 Å². The fourth-order valence-electron chi connectivity index (χ4n) is 2.95. The molecule has 2 heterocycles. The second kappa shape index (κ2) is 7.66. The number of aromatic amines is 1. The van der Waals surface area contributed by atoms with E-state index >= 15 is 0 Å². The van der Waals surface area contributed by atoms with Gasteiger partial charge in [-0.05, 0) is 35.7 Å². The van der Waals surface area contributed by atoms with Gasteiger partial charge in [-0.1, -0.05) is 30.3 Å². The van der Waals surface area contributed by atoms with E-state index in [1.54, 1.807) is 42.3 Å². The number of anilines is 1. The molecule has 4 rings (SSSR count). The highest BCUT2D eigenvalue weighted by Crippen LogP contribution is 2.20. The van der Waals surface area contributed by atoms with Crippen molar-refractivity contribution in [1.82, 2.24) is 14.9 Å². The molecule has 0 spiro atoms. The van der Waals surface area contributed by atoms with Crippen LogP contribution >= 0.6 is 11.3 Å². The van der Waals surface area contributed by atoms with Crippen molar-refractivity contribution in [2.75, 3.05) is 12.4 Å². The minimum Gasteiger partial charge on any atom is -0.340 e. The van der Waals surface area contributed by atoms with Crippen LogP contribution in [0, 0.1) is 0 Å². The molecular formula is C21H18N4O2S. The summed E-state index contributed by atoms with van der Waals surface area (Å²) in [5.41, 5.74) is 2.72. The number of fused-ring (bicyclic) bond motifs is 1. The molecule has 0 radical (unpaired) electrons. The maximum atomic E-state index is 13.0. The molecule has 0 saturated carbocycles. The third-order valence-electron chi connectivity index (χ3n) is 4.32. The highest BCUT2D eigenvalue weighted by molar-refractivity contribution is 7.12. The Balaban J connectivity index is 1.53. The lowest BCUT2D eigenvalue weighted by molar-refractivity contribution is 0.0783. The first kappa shape index (κ1) is 17.9. The molecule has 0 atom stereocenters. The van der Waals surface area contributed by atoms with Crippen molar-refractivity contribution in [3.63, 3.8) is 0 Å². The van der Waals surface area contributed by atoms with Gasteiger partial charge in [0.15, 0.2) is 0 Å². The zero-order valence-electron chi connectivity index (χ0n) is 15.2. The summed E-state index contributed by atoms with van der Waals surface area (Å²) in [7, 11) is 1.72. The van der Waals surface area contributed by atoms with Gasteiger partial charge in [-0.3, -0.25) is 9.59 Å². The Labute approximate surface area is 165 Å². The van der Waals surface area contributed by atoms with Crippen LogP contribution in [0.3, 0.4) is 0 Å².